The Morgan fingerprint density at radius 3 is 2.54 bits per heavy atom. The second-order valence-electron chi connectivity index (χ2n) is 9.29. The molecule has 2 amide bonds. The minimum Gasteiger partial charge on any atom is -0.366 e. The summed E-state index contributed by atoms with van der Waals surface area (Å²) in [5.41, 5.74) is 2.17. The van der Waals surface area contributed by atoms with E-state index in [2.05, 4.69) is 13.8 Å². The van der Waals surface area contributed by atoms with Gasteiger partial charge in [0.1, 0.15) is 17.7 Å². The van der Waals surface area contributed by atoms with Crippen LogP contribution in [0.4, 0.5) is 15.8 Å². The summed E-state index contributed by atoms with van der Waals surface area (Å²) in [6.45, 7) is 6.34. The third kappa shape index (κ3) is 4.69. The zero-order valence-corrected chi connectivity index (χ0v) is 20.7. The van der Waals surface area contributed by atoms with Crippen molar-refractivity contribution in [2.45, 2.75) is 26.3 Å². The minimum absolute atomic E-state index is 0.0198. The Kier molecular flexibility index (Phi) is 6.60. The van der Waals surface area contributed by atoms with Crippen molar-refractivity contribution >= 4 is 46.0 Å². The maximum Gasteiger partial charge on any atom is 0.259 e. The molecule has 2 aromatic rings. The number of hydrogen-bond donors (Lipinski definition) is 0. The number of hydrogen-bond acceptors (Lipinski definition) is 6. The molecule has 9 heteroatoms. The second-order valence-corrected chi connectivity index (χ2v) is 10.2. The Morgan fingerprint density at radius 2 is 1.80 bits per heavy atom. The third-order valence-corrected chi connectivity index (χ3v) is 7.32. The largest absolute Gasteiger partial charge is 0.366 e. The van der Waals surface area contributed by atoms with Crippen molar-refractivity contribution in [2.24, 2.45) is 15.9 Å². The maximum absolute atomic E-state index is 14.1. The van der Waals surface area contributed by atoms with Gasteiger partial charge in [-0.2, -0.15) is 0 Å². The summed E-state index contributed by atoms with van der Waals surface area (Å²) in [7, 11) is 0. The van der Waals surface area contributed by atoms with Gasteiger partial charge in [0.15, 0.2) is 5.17 Å². The van der Waals surface area contributed by atoms with Crippen molar-refractivity contribution in [3.63, 3.8) is 0 Å². The van der Waals surface area contributed by atoms with Crippen LogP contribution < -0.4 is 4.90 Å². The number of rotatable bonds is 5. The van der Waals surface area contributed by atoms with E-state index < -0.39 is 6.04 Å². The van der Waals surface area contributed by atoms with Gasteiger partial charge in [-0.1, -0.05) is 49.9 Å². The van der Waals surface area contributed by atoms with Crippen LogP contribution in [-0.4, -0.2) is 70.6 Å². The summed E-state index contributed by atoms with van der Waals surface area (Å²) in [6, 6.07) is 13.9. The highest BCUT2D eigenvalue weighted by atomic mass is 32.2. The molecule has 0 aromatic heterocycles. The quantitative estimate of drug-likeness (QED) is 0.633. The predicted molar refractivity (Wildman–Crippen MR) is 138 cm³/mol. The first-order chi connectivity index (χ1) is 16.9. The lowest BCUT2D eigenvalue weighted by molar-refractivity contribution is -0.128. The first kappa shape index (κ1) is 23.5. The number of para-hydroxylation sites is 2. The maximum atomic E-state index is 14.1. The van der Waals surface area contributed by atoms with E-state index >= 15 is 0 Å². The average molecular weight is 494 g/mol. The lowest BCUT2D eigenvalue weighted by Crippen LogP contribution is -2.50. The lowest BCUT2D eigenvalue weighted by Gasteiger charge is -2.36. The molecule has 0 unspecified atom stereocenters. The fourth-order valence-electron chi connectivity index (χ4n) is 4.62. The standard InChI is InChI=1S/C26H28FN5O2S/c1-17(2)15-21-25(34)32-24(28-21)18-7-3-5-9-20(18)29-26(32)35-16-23(33)31-13-11-30(12-14-31)22-10-6-4-8-19(22)27/h3-10,17,21H,11-16H2,1-2H3/t21-/m0/s1. The first-order valence-corrected chi connectivity index (χ1v) is 12.9. The van der Waals surface area contributed by atoms with E-state index in [9.17, 15) is 14.0 Å². The van der Waals surface area contributed by atoms with Crippen LogP contribution in [0.3, 0.4) is 0 Å². The van der Waals surface area contributed by atoms with E-state index in [0.717, 1.165) is 11.3 Å². The first-order valence-electron chi connectivity index (χ1n) is 11.9. The van der Waals surface area contributed by atoms with Gasteiger partial charge in [-0.15, -0.1) is 0 Å². The van der Waals surface area contributed by atoms with Gasteiger partial charge in [0, 0.05) is 31.7 Å². The minimum atomic E-state index is -0.427. The molecule has 1 saturated heterocycles. The Bertz CT molecular complexity index is 1210. The molecule has 35 heavy (non-hydrogen) atoms. The SMILES string of the molecule is CC(C)C[C@@H]1N=C2c3ccccc3N=C(SCC(=O)N3CCN(c4ccccc4F)CC3)N2C1=O. The van der Waals surface area contributed by atoms with Gasteiger partial charge >= 0.3 is 0 Å². The van der Waals surface area contributed by atoms with Crippen LogP contribution in [0.2, 0.25) is 0 Å². The second kappa shape index (κ2) is 9.81. The van der Waals surface area contributed by atoms with Crippen molar-refractivity contribution < 1.29 is 14.0 Å². The van der Waals surface area contributed by atoms with E-state index in [1.807, 2.05) is 35.2 Å². The Hall–Kier alpha value is -3.20. The van der Waals surface area contributed by atoms with Crippen LogP contribution in [0.1, 0.15) is 25.8 Å². The summed E-state index contributed by atoms with van der Waals surface area (Å²) >= 11 is 1.27. The normalized spacial score (nSPS) is 19.5. The average Bonchev–Trinajstić information content (AvgIpc) is 3.18. The number of benzene rings is 2. The number of amidine groups is 2. The van der Waals surface area contributed by atoms with Crippen LogP contribution in [0.25, 0.3) is 0 Å². The van der Waals surface area contributed by atoms with Gasteiger partial charge in [0.25, 0.3) is 5.91 Å². The van der Waals surface area contributed by atoms with Gasteiger partial charge in [0.05, 0.1) is 17.1 Å². The summed E-state index contributed by atoms with van der Waals surface area (Å²) in [6.07, 6.45) is 0.671. The number of nitrogens with zero attached hydrogens (tertiary/aromatic N) is 5. The van der Waals surface area contributed by atoms with Crippen LogP contribution >= 0.6 is 11.8 Å². The lowest BCUT2D eigenvalue weighted by atomic mass is 10.0. The number of aliphatic imine (C=N–C) groups is 2. The Morgan fingerprint density at radius 1 is 1.09 bits per heavy atom. The highest BCUT2D eigenvalue weighted by Gasteiger charge is 2.41. The van der Waals surface area contributed by atoms with E-state index in [0.29, 0.717) is 55.2 Å². The predicted octanol–water partition coefficient (Wildman–Crippen LogP) is 3.91. The molecule has 5 rings (SSSR count). The number of carbonyl (C=O) groups excluding carboxylic acids is 2. The molecule has 0 spiro atoms. The molecule has 3 heterocycles. The molecule has 7 nitrogen and oxygen atoms in total. The highest BCUT2D eigenvalue weighted by Crippen LogP contribution is 2.34. The molecule has 3 aliphatic heterocycles. The fourth-order valence-corrected chi connectivity index (χ4v) is 5.53. The Labute approximate surface area is 208 Å². The zero-order valence-electron chi connectivity index (χ0n) is 19.9. The molecule has 1 fully saturated rings. The number of carbonyl (C=O) groups is 2. The van der Waals surface area contributed by atoms with Gasteiger partial charge < -0.3 is 9.80 Å². The summed E-state index contributed by atoms with van der Waals surface area (Å²) in [5, 5.41) is 0.497. The van der Waals surface area contributed by atoms with Gasteiger partial charge in [0.2, 0.25) is 5.91 Å². The molecule has 182 valence electrons. The van der Waals surface area contributed by atoms with Crippen molar-refractivity contribution in [3.8, 4) is 0 Å². The van der Waals surface area contributed by atoms with Crippen molar-refractivity contribution in [2.75, 3.05) is 36.8 Å². The summed E-state index contributed by atoms with van der Waals surface area (Å²) < 4.78 is 14.1. The van der Waals surface area contributed by atoms with Gasteiger partial charge in [-0.3, -0.25) is 14.6 Å². The Balaban J connectivity index is 1.26. The monoisotopic (exact) mass is 493 g/mol. The number of amides is 2. The van der Waals surface area contributed by atoms with Crippen molar-refractivity contribution in [1.82, 2.24) is 9.80 Å². The summed E-state index contributed by atoms with van der Waals surface area (Å²) in [5.74, 6) is 0.783. The van der Waals surface area contributed by atoms with E-state index in [4.69, 9.17) is 9.98 Å². The van der Waals surface area contributed by atoms with Gasteiger partial charge in [-0.05, 0) is 36.6 Å². The zero-order chi connectivity index (χ0) is 24.5. The highest BCUT2D eigenvalue weighted by molar-refractivity contribution is 8.14. The van der Waals surface area contributed by atoms with Crippen molar-refractivity contribution in [1.29, 1.82) is 0 Å². The number of fused-ring (bicyclic) bond motifs is 3. The number of thioether (sulfide) groups is 1. The number of anilines is 1. The van der Waals surface area contributed by atoms with Crippen LogP contribution in [-0.2, 0) is 9.59 Å². The van der Waals surface area contributed by atoms with E-state index in [1.165, 1.54) is 17.8 Å². The van der Waals surface area contributed by atoms with E-state index in [1.54, 1.807) is 21.9 Å². The summed E-state index contributed by atoms with van der Waals surface area (Å²) in [4.78, 5) is 41.0. The molecule has 0 radical (unpaired) electrons. The van der Waals surface area contributed by atoms with Crippen LogP contribution in [0, 0.1) is 11.7 Å². The third-order valence-electron chi connectivity index (χ3n) is 6.39. The van der Waals surface area contributed by atoms with Crippen molar-refractivity contribution in [3.05, 3.63) is 59.9 Å². The molecule has 3 aliphatic rings. The molecular weight excluding hydrogens is 465 g/mol. The van der Waals surface area contributed by atoms with Crippen LogP contribution in [0.5, 0.6) is 0 Å². The fraction of sp³-hybridized carbons (Fsp3) is 0.385. The molecular formula is C26H28FN5O2S. The van der Waals surface area contributed by atoms with Crippen LogP contribution in [0.15, 0.2) is 58.5 Å². The molecule has 0 N–H and O–H groups in total. The molecule has 0 saturated carbocycles. The van der Waals surface area contributed by atoms with E-state index in [-0.39, 0.29) is 23.4 Å². The number of piperazine rings is 1. The smallest absolute Gasteiger partial charge is 0.259 e. The number of halogens is 1. The molecule has 0 aliphatic carbocycles. The molecule has 1 atom stereocenters. The van der Waals surface area contributed by atoms with Gasteiger partial charge in [-0.25, -0.2) is 14.3 Å². The topological polar surface area (TPSA) is 68.6 Å². The molecule has 2 aromatic carbocycles. The molecule has 0 bridgehead atoms.